The molecule has 1 N–H and O–H groups in total. The van der Waals surface area contributed by atoms with Crippen LogP contribution in [0.3, 0.4) is 0 Å². The third-order valence-corrected chi connectivity index (χ3v) is 5.56. The number of carbonyl (C=O) groups excluding carboxylic acids is 2. The van der Waals surface area contributed by atoms with Crippen LogP contribution in [0.15, 0.2) is 66.4 Å². The lowest BCUT2D eigenvalue weighted by Gasteiger charge is -2.28. The molecule has 0 bridgehead atoms. The minimum Gasteiger partial charge on any atom is -0.342 e. The first-order chi connectivity index (χ1) is 14.6. The van der Waals surface area contributed by atoms with Crippen molar-refractivity contribution < 1.29 is 9.59 Å². The predicted octanol–water partition coefficient (Wildman–Crippen LogP) is 4.12. The summed E-state index contributed by atoms with van der Waals surface area (Å²) in [5.74, 6) is -0.783. The van der Waals surface area contributed by atoms with Crippen LogP contribution in [-0.4, -0.2) is 32.9 Å². The van der Waals surface area contributed by atoms with Crippen LogP contribution in [0.25, 0.3) is 17.0 Å². The van der Waals surface area contributed by atoms with Crippen molar-refractivity contribution in [1.29, 1.82) is 0 Å². The monoisotopic (exact) mass is 417 g/mol. The standard InChI is InChI=1S/C24H23N3O2S/c1-2-3-13-27-23(29)20(22(28)25-24(27)30)14-18-16-26(15-17-9-5-4-6-10-17)21-12-8-7-11-19(18)21/h4-12,14,16H,2-3,13,15H2,1H3,(H,25,28,30)/b20-14-. The SMILES string of the molecule is CCCCN1C(=O)/C(=C\c2cn(Cc3ccccc3)c3ccccc23)C(=O)NC1=S. The third kappa shape index (κ3) is 3.91. The number of unbranched alkanes of at least 4 members (excludes halogenated alkanes) is 1. The summed E-state index contributed by atoms with van der Waals surface area (Å²) in [4.78, 5) is 27.0. The average Bonchev–Trinajstić information content (AvgIpc) is 3.09. The van der Waals surface area contributed by atoms with Crippen LogP contribution in [0.5, 0.6) is 0 Å². The summed E-state index contributed by atoms with van der Waals surface area (Å²) in [6.45, 7) is 3.26. The Morgan fingerprint density at radius 3 is 2.53 bits per heavy atom. The Labute approximate surface area is 181 Å². The van der Waals surface area contributed by atoms with Crippen LogP contribution in [0.4, 0.5) is 0 Å². The van der Waals surface area contributed by atoms with E-state index >= 15 is 0 Å². The zero-order chi connectivity index (χ0) is 21.1. The lowest BCUT2D eigenvalue weighted by Crippen LogP contribution is -2.54. The summed E-state index contributed by atoms with van der Waals surface area (Å²) in [5, 5.41) is 3.83. The predicted molar refractivity (Wildman–Crippen MR) is 123 cm³/mol. The molecule has 0 aliphatic carbocycles. The van der Waals surface area contributed by atoms with Crippen LogP contribution in [0, 0.1) is 0 Å². The number of para-hydroxylation sites is 1. The Balaban J connectivity index is 1.74. The van der Waals surface area contributed by atoms with Gasteiger partial charge in [0, 0.05) is 35.8 Å². The van der Waals surface area contributed by atoms with Crippen LogP contribution < -0.4 is 5.32 Å². The van der Waals surface area contributed by atoms with Crippen LogP contribution in [0.1, 0.15) is 30.9 Å². The van der Waals surface area contributed by atoms with Gasteiger partial charge in [-0.2, -0.15) is 0 Å². The number of thiocarbonyl (C=S) groups is 1. The second-order valence-electron chi connectivity index (χ2n) is 7.34. The molecule has 1 aromatic heterocycles. The minimum absolute atomic E-state index is 0.113. The molecule has 3 aromatic rings. The number of carbonyl (C=O) groups is 2. The van der Waals surface area contributed by atoms with Crippen molar-refractivity contribution in [2.45, 2.75) is 26.3 Å². The topological polar surface area (TPSA) is 54.3 Å². The van der Waals surface area contributed by atoms with E-state index in [1.807, 2.05) is 55.6 Å². The Morgan fingerprint density at radius 1 is 1.03 bits per heavy atom. The highest BCUT2D eigenvalue weighted by Gasteiger charge is 2.33. The van der Waals surface area contributed by atoms with Crippen molar-refractivity contribution in [3.8, 4) is 0 Å². The average molecular weight is 418 g/mol. The molecule has 4 rings (SSSR count). The van der Waals surface area contributed by atoms with Gasteiger partial charge in [-0.3, -0.25) is 19.8 Å². The Kier molecular flexibility index (Phi) is 5.77. The number of hydrogen-bond acceptors (Lipinski definition) is 3. The summed E-state index contributed by atoms with van der Waals surface area (Å²) in [6, 6.07) is 18.2. The maximum absolute atomic E-state index is 13.0. The van der Waals surface area contributed by atoms with Crippen LogP contribution in [-0.2, 0) is 16.1 Å². The number of rotatable bonds is 6. The Bertz CT molecular complexity index is 1150. The molecule has 0 spiro atoms. The molecular weight excluding hydrogens is 394 g/mol. The van der Waals surface area contributed by atoms with E-state index in [4.69, 9.17) is 12.2 Å². The first-order valence-corrected chi connectivity index (χ1v) is 10.5. The van der Waals surface area contributed by atoms with Gasteiger partial charge in [0.25, 0.3) is 11.8 Å². The maximum Gasteiger partial charge on any atom is 0.265 e. The van der Waals surface area contributed by atoms with Crippen LogP contribution in [0.2, 0.25) is 0 Å². The number of aromatic nitrogens is 1. The molecule has 1 fully saturated rings. The second-order valence-corrected chi connectivity index (χ2v) is 7.73. The fraction of sp³-hybridized carbons (Fsp3) is 0.208. The number of nitrogens with zero attached hydrogens (tertiary/aromatic N) is 2. The van der Waals surface area contributed by atoms with Gasteiger partial charge in [0.15, 0.2) is 5.11 Å². The molecular formula is C24H23N3O2S. The minimum atomic E-state index is -0.447. The molecule has 2 amide bonds. The third-order valence-electron chi connectivity index (χ3n) is 5.24. The van der Waals surface area contributed by atoms with E-state index in [0.29, 0.717) is 13.1 Å². The molecule has 0 atom stereocenters. The summed E-state index contributed by atoms with van der Waals surface area (Å²) in [5.41, 5.74) is 3.18. The maximum atomic E-state index is 13.0. The Hall–Kier alpha value is -3.25. The number of nitrogens with one attached hydrogen (secondary N) is 1. The quantitative estimate of drug-likeness (QED) is 0.373. The first kappa shape index (κ1) is 20.0. The van der Waals surface area contributed by atoms with E-state index in [0.717, 1.165) is 29.3 Å². The van der Waals surface area contributed by atoms with Gasteiger partial charge in [-0.25, -0.2) is 0 Å². The van der Waals surface area contributed by atoms with E-state index in [2.05, 4.69) is 22.0 Å². The van der Waals surface area contributed by atoms with Crippen molar-refractivity contribution in [3.05, 3.63) is 77.5 Å². The fourth-order valence-corrected chi connectivity index (χ4v) is 3.94. The normalized spacial score (nSPS) is 15.8. The van der Waals surface area contributed by atoms with Crippen molar-refractivity contribution in [2.75, 3.05) is 6.54 Å². The lowest BCUT2D eigenvalue weighted by molar-refractivity contribution is -0.128. The van der Waals surface area contributed by atoms with Gasteiger partial charge >= 0.3 is 0 Å². The summed E-state index contributed by atoms with van der Waals surface area (Å²) in [7, 11) is 0. The molecule has 2 aromatic carbocycles. The molecule has 5 nitrogen and oxygen atoms in total. The van der Waals surface area contributed by atoms with E-state index in [-0.39, 0.29) is 16.6 Å². The molecule has 0 radical (unpaired) electrons. The van der Waals surface area contributed by atoms with Gasteiger partial charge in [-0.15, -0.1) is 0 Å². The number of hydrogen-bond donors (Lipinski definition) is 1. The zero-order valence-electron chi connectivity index (χ0n) is 16.8. The number of amides is 2. The molecule has 1 saturated heterocycles. The van der Waals surface area contributed by atoms with Gasteiger partial charge in [-0.1, -0.05) is 61.9 Å². The van der Waals surface area contributed by atoms with Gasteiger partial charge in [-0.05, 0) is 36.3 Å². The van der Waals surface area contributed by atoms with Crippen molar-refractivity contribution in [1.82, 2.24) is 14.8 Å². The molecule has 30 heavy (non-hydrogen) atoms. The zero-order valence-corrected chi connectivity index (χ0v) is 17.6. The van der Waals surface area contributed by atoms with E-state index < -0.39 is 5.91 Å². The van der Waals surface area contributed by atoms with Gasteiger partial charge in [0.1, 0.15) is 5.57 Å². The highest BCUT2D eigenvalue weighted by atomic mass is 32.1. The summed E-state index contributed by atoms with van der Waals surface area (Å²) in [6.07, 6.45) is 5.44. The van der Waals surface area contributed by atoms with E-state index in [1.54, 1.807) is 6.08 Å². The molecule has 1 aliphatic heterocycles. The molecule has 2 heterocycles. The highest BCUT2D eigenvalue weighted by Crippen LogP contribution is 2.26. The highest BCUT2D eigenvalue weighted by molar-refractivity contribution is 7.80. The van der Waals surface area contributed by atoms with Crippen molar-refractivity contribution in [3.63, 3.8) is 0 Å². The van der Waals surface area contributed by atoms with Gasteiger partial charge in [0.05, 0.1) is 0 Å². The number of fused-ring (bicyclic) bond motifs is 1. The van der Waals surface area contributed by atoms with Crippen molar-refractivity contribution >= 4 is 46.1 Å². The van der Waals surface area contributed by atoms with Gasteiger partial charge < -0.3 is 4.57 Å². The summed E-state index contributed by atoms with van der Waals surface area (Å²) >= 11 is 5.21. The van der Waals surface area contributed by atoms with E-state index in [1.165, 1.54) is 10.5 Å². The lowest BCUT2D eigenvalue weighted by atomic mass is 10.1. The largest absolute Gasteiger partial charge is 0.342 e. The summed E-state index contributed by atoms with van der Waals surface area (Å²) < 4.78 is 2.14. The van der Waals surface area contributed by atoms with Crippen molar-refractivity contribution in [2.24, 2.45) is 0 Å². The molecule has 1 aliphatic rings. The first-order valence-electron chi connectivity index (χ1n) is 10.1. The molecule has 6 heteroatoms. The molecule has 0 saturated carbocycles. The van der Waals surface area contributed by atoms with Gasteiger partial charge in [0.2, 0.25) is 0 Å². The van der Waals surface area contributed by atoms with E-state index in [9.17, 15) is 9.59 Å². The smallest absolute Gasteiger partial charge is 0.265 e. The Morgan fingerprint density at radius 2 is 1.77 bits per heavy atom. The number of benzene rings is 2. The molecule has 0 unspecified atom stereocenters. The second kappa shape index (κ2) is 8.63. The molecule has 152 valence electrons. The fourth-order valence-electron chi connectivity index (χ4n) is 3.67. The van der Waals surface area contributed by atoms with Crippen LogP contribution >= 0.6 is 12.2 Å².